The Morgan fingerprint density at radius 3 is 2.72 bits per heavy atom. The summed E-state index contributed by atoms with van der Waals surface area (Å²) in [5.41, 5.74) is 1.05. The minimum absolute atomic E-state index is 0.388. The van der Waals surface area contributed by atoms with Crippen molar-refractivity contribution in [2.75, 3.05) is 25.0 Å². The van der Waals surface area contributed by atoms with E-state index in [2.05, 4.69) is 47.8 Å². The van der Waals surface area contributed by atoms with Gasteiger partial charge in [-0.05, 0) is 31.9 Å². The van der Waals surface area contributed by atoms with Crippen LogP contribution in [-0.2, 0) is 6.54 Å². The molecule has 2 aromatic heterocycles. The van der Waals surface area contributed by atoms with Gasteiger partial charge in [-0.1, -0.05) is 11.2 Å². The van der Waals surface area contributed by atoms with Gasteiger partial charge in [0.2, 0.25) is 5.89 Å². The largest absolute Gasteiger partial charge is 0.356 e. The Balaban J connectivity index is 1.47. The zero-order valence-corrected chi connectivity index (χ0v) is 15.0. The predicted molar refractivity (Wildman–Crippen MR) is 96.6 cm³/mol. The van der Waals surface area contributed by atoms with Crippen molar-refractivity contribution in [3.8, 4) is 0 Å². The van der Waals surface area contributed by atoms with E-state index in [1.54, 1.807) is 14.0 Å². The minimum Gasteiger partial charge on any atom is -0.356 e. The average Bonchev–Trinajstić information content (AvgIpc) is 3.04. The first kappa shape index (κ1) is 17.2. The Morgan fingerprint density at radius 1 is 1.28 bits per heavy atom. The Labute approximate surface area is 147 Å². The molecule has 0 bridgehead atoms. The Hall–Kier alpha value is -2.64. The molecule has 1 aliphatic heterocycles. The van der Waals surface area contributed by atoms with E-state index >= 15 is 0 Å². The van der Waals surface area contributed by atoms with Gasteiger partial charge in [0.15, 0.2) is 11.8 Å². The van der Waals surface area contributed by atoms with Crippen LogP contribution in [0.5, 0.6) is 0 Å². The van der Waals surface area contributed by atoms with E-state index in [9.17, 15) is 0 Å². The summed E-state index contributed by atoms with van der Waals surface area (Å²) in [5, 5.41) is 10.6. The number of aryl methyl sites for hydroxylation is 2. The van der Waals surface area contributed by atoms with Crippen LogP contribution in [0.15, 0.2) is 27.7 Å². The van der Waals surface area contributed by atoms with Crippen LogP contribution in [0.25, 0.3) is 0 Å². The molecule has 0 amide bonds. The van der Waals surface area contributed by atoms with Crippen LogP contribution < -0.4 is 15.5 Å². The first-order valence-corrected chi connectivity index (χ1v) is 8.59. The van der Waals surface area contributed by atoms with Crippen LogP contribution in [0.1, 0.15) is 30.3 Å². The van der Waals surface area contributed by atoms with Crippen molar-refractivity contribution in [3.63, 3.8) is 0 Å². The number of aliphatic imine (C=N–C) groups is 1. The molecule has 2 N–H and O–H groups in total. The van der Waals surface area contributed by atoms with E-state index in [1.807, 2.05) is 13.0 Å². The van der Waals surface area contributed by atoms with Crippen molar-refractivity contribution in [1.29, 1.82) is 0 Å². The fourth-order valence-corrected chi connectivity index (χ4v) is 2.92. The SMILES string of the molecule is CN=C(NCc1noc(C)n1)NC1CCN(c2cccc(C)n2)CC1. The van der Waals surface area contributed by atoms with Crippen LogP contribution in [-0.4, -0.2) is 47.3 Å². The van der Waals surface area contributed by atoms with E-state index in [1.165, 1.54) is 0 Å². The van der Waals surface area contributed by atoms with Crippen LogP contribution >= 0.6 is 0 Å². The lowest BCUT2D eigenvalue weighted by Crippen LogP contribution is -2.48. The highest BCUT2D eigenvalue weighted by Gasteiger charge is 2.21. The highest BCUT2D eigenvalue weighted by Crippen LogP contribution is 2.18. The zero-order chi connectivity index (χ0) is 17.6. The molecule has 3 heterocycles. The molecule has 25 heavy (non-hydrogen) atoms. The highest BCUT2D eigenvalue weighted by molar-refractivity contribution is 5.79. The predicted octanol–water partition coefficient (Wildman–Crippen LogP) is 1.42. The Morgan fingerprint density at radius 2 is 2.08 bits per heavy atom. The summed E-state index contributed by atoms with van der Waals surface area (Å²) >= 11 is 0. The topological polar surface area (TPSA) is 91.5 Å². The molecule has 2 aromatic rings. The maximum Gasteiger partial charge on any atom is 0.223 e. The molecule has 1 aliphatic rings. The van der Waals surface area contributed by atoms with Gasteiger partial charge >= 0.3 is 0 Å². The number of pyridine rings is 1. The van der Waals surface area contributed by atoms with E-state index in [4.69, 9.17) is 4.52 Å². The second kappa shape index (κ2) is 7.96. The van der Waals surface area contributed by atoms with Gasteiger partial charge in [0, 0.05) is 38.8 Å². The van der Waals surface area contributed by atoms with Crippen molar-refractivity contribution < 1.29 is 4.52 Å². The quantitative estimate of drug-likeness (QED) is 0.641. The second-order valence-corrected chi connectivity index (χ2v) is 6.20. The van der Waals surface area contributed by atoms with Crippen LogP contribution in [0.3, 0.4) is 0 Å². The van der Waals surface area contributed by atoms with E-state index in [0.717, 1.165) is 43.4 Å². The van der Waals surface area contributed by atoms with Gasteiger partial charge in [-0.3, -0.25) is 4.99 Å². The molecule has 0 atom stereocenters. The lowest BCUT2D eigenvalue weighted by atomic mass is 10.1. The smallest absolute Gasteiger partial charge is 0.223 e. The Kier molecular flexibility index (Phi) is 5.47. The molecule has 0 aliphatic carbocycles. The van der Waals surface area contributed by atoms with Crippen LogP contribution in [0.2, 0.25) is 0 Å². The molecular weight excluding hydrogens is 318 g/mol. The monoisotopic (exact) mass is 343 g/mol. The molecule has 0 aromatic carbocycles. The molecular formula is C17H25N7O. The van der Waals surface area contributed by atoms with Gasteiger partial charge in [-0.25, -0.2) is 4.98 Å². The number of hydrogen-bond acceptors (Lipinski definition) is 6. The van der Waals surface area contributed by atoms with Crippen molar-refractivity contribution in [2.24, 2.45) is 4.99 Å². The summed E-state index contributed by atoms with van der Waals surface area (Å²) in [6.45, 7) is 6.26. The number of rotatable bonds is 4. The number of guanidine groups is 1. The fraction of sp³-hybridized carbons (Fsp3) is 0.529. The third-order valence-corrected chi connectivity index (χ3v) is 4.24. The fourth-order valence-electron chi connectivity index (χ4n) is 2.92. The molecule has 8 heteroatoms. The molecule has 0 saturated carbocycles. The average molecular weight is 343 g/mol. The summed E-state index contributed by atoms with van der Waals surface area (Å²) in [4.78, 5) is 15.4. The van der Waals surface area contributed by atoms with Crippen LogP contribution in [0, 0.1) is 13.8 Å². The number of aromatic nitrogens is 3. The molecule has 134 valence electrons. The van der Waals surface area contributed by atoms with E-state index < -0.39 is 0 Å². The molecule has 0 radical (unpaired) electrons. The Bertz CT molecular complexity index is 719. The highest BCUT2D eigenvalue weighted by atomic mass is 16.5. The standard InChI is InChI=1S/C17H25N7O/c1-12-5-4-6-16(20-12)24-9-7-14(8-10-24)22-17(18-3)19-11-15-21-13(2)25-23-15/h4-6,14H,7-11H2,1-3H3,(H2,18,19,22). The second-order valence-electron chi connectivity index (χ2n) is 6.20. The van der Waals surface area contributed by atoms with Crippen LogP contribution in [0.4, 0.5) is 5.82 Å². The van der Waals surface area contributed by atoms with E-state index in [-0.39, 0.29) is 0 Å². The van der Waals surface area contributed by atoms with Crippen molar-refractivity contribution in [1.82, 2.24) is 25.8 Å². The van der Waals surface area contributed by atoms with Crippen molar-refractivity contribution in [3.05, 3.63) is 35.6 Å². The van der Waals surface area contributed by atoms with Gasteiger partial charge in [0.25, 0.3) is 0 Å². The lowest BCUT2D eigenvalue weighted by molar-refractivity contribution is 0.386. The maximum absolute atomic E-state index is 4.97. The van der Waals surface area contributed by atoms with E-state index in [0.29, 0.717) is 24.3 Å². The van der Waals surface area contributed by atoms with Gasteiger partial charge < -0.3 is 20.1 Å². The molecule has 0 spiro atoms. The van der Waals surface area contributed by atoms with Gasteiger partial charge in [0.05, 0.1) is 6.54 Å². The summed E-state index contributed by atoms with van der Waals surface area (Å²) in [6, 6.07) is 6.56. The molecule has 3 rings (SSSR count). The van der Waals surface area contributed by atoms with Crippen molar-refractivity contribution in [2.45, 2.75) is 39.3 Å². The summed E-state index contributed by atoms with van der Waals surface area (Å²) in [5.74, 6) is 3.01. The van der Waals surface area contributed by atoms with Crippen molar-refractivity contribution >= 4 is 11.8 Å². The molecule has 1 saturated heterocycles. The minimum atomic E-state index is 0.388. The number of hydrogen-bond donors (Lipinski definition) is 2. The third-order valence-electron chi connectivity index (χ3n) is 4.24. The number of piperidine rings is 1. The van der Waals surface area contributed by atoms with Gasteiger partial charge in [0.1, 0.15) is 5.82 Å². The normalized spacial score (nSPS) is 16.1. The zero-order valence-electron chi connectivity index (χ0n) is 15.0. The number of nitrogens with zero attached hydrogens (tertiary/aromatic N) is 5. The summed E-state index contributed by atoms with van der Waals surface area (Å²) in [7, 11) is 1.77. The van der Waals surface area contributed by atoms with Gasteiger partial charge in [-0.15, -0.1) is 0 Å². The third kappa shape index (κ3) is 4.68. The number of nitrogens with one attached hydrogen (secondary N) is 2. The van der Waals surface area contributed by atoms with Gasteiger partial charge in [-0.2, -0.15) is 4.98 Å². The lowest BCUT2D eigenvalue weighted by Gasteiger charge is -2.33. The number of anilines is 1. The summed E-state index contributed by atoms with van der Waals surface area (Å²) in [6.07, 6.45) is 2.08. The molecule has 0 unspecified atom stereocenters. The first-order chi connectivity index (χ1) is 12.1. The molecule has 1 fully saturated rings. The summed E-state index contributed by atoms with van der Waals surface area (Å²) < 4.78 is 4.97. The molecule has 8 nitrogen and oxygen atoms in total. The maximum atomic E-state index is 4.97. The first-order valence-electron chi connectivity index (χ1n) is 8.59.